The molecule has 24 heavy (non-hydrogen) atoms. The van der Waals surface area contributed by atoms with Crippen LogP contribution in [0.1, 0.15) is 5.56 Å². The number of methoxy groups -OCH3 is 2. The summed E-state index contributed by atoms with van der Waals surface area (Å²) in [5, 5.41) is 10.9. The number of rotatable bonds is 7. The van der Waals surface area contributed by atoms with Gasteiger partial charge in [0.1, 0.15) is 16.4 Å². The molecule has 0 heterocycles. The van der Waals surface area contributed by atoms with Gasteiger partial charge in [-0.3, -0.25) is 10.1 Å². The van der Waals surface area contributed by atoms with Crippen molar-refractivity contribution in [2.45, 2.75) is 11.4 Å². The second-order valence-electron chi connectivity index (χ2n) is 4.73. The molecule has 0 bridgehead atoms. The second kappa shape index (κ2) is 7.28. The van der Waals surface area contributed by atoms with Crippen molar-refractivity contribution in [2.75, 3.05) is 14.2 Å². The molecule has 2 rings (SSSR count). The van der Waals surface area contributed by atoms with Crippen LogP contribution >= 0.6 is 0 Å². The monoisotopic (exact) mass is 352 g/mol. The van der Waals surface area contributed by atoms with Gasteiger partial charge in [0, 0.05) is 24.2 Å². The Labute approximate surface area is 139 Å². The minimum atomic E-state index is -4.02. The first-order chi connectivity index (χ1) is 11.4. The molecule has 9 heteroatoms. The molecule has 0 amide bonds. The number of hydrogen-bond acceptors (Lipinski definition) is 6. The van der Waals surface area contributed by atoms with E-state index in [0.717, 1.165) is 6.07 Å². The Balaban J connectivity index is 2.33. The van der Waals surface area contributed by atoms with E-state index in [1.807, 2.05) is 0 Å². The summed E-state index contributed by atoms with van der Waals surface area (Å²) < 4.78 is 37.6. The predicted molar refractivity (Wildman–Crippen MR) is 86.7 cm³/mol. The van der Waals surface area contributed by atoms with E-state index >= 15 is 0 Å². The summed E-state index contributed by atoms with van der Waals surface area (Å²) in [6, 6.07) is 10.3. The first kappa shape index (κ1) is 17.7. The lowest BCUT2D eigenvalue weighted by molar-refractivity contribution is -0.385. The number of hydrogen-bond donors (Lipinski definition) is 1. The number of benzene rings is 2. The van der Waals surface area contributed by atoms with E-state index in [0.29, 0.717) is 11.3 Å². The van der Waals surface area contributed by atoms with Gasteiger partial charge in [0.25, 0.3) is 5.69 Å². The molecule has 0 fully saturated rings. The standard InChI is InChI=1S/C15H16N2O6S/c1-22-13-6-4-3-5-11(13)10-16-24(20,21)15-9-12(17(18)19)7-8-14(15)23-2/h3-9,16H,10H2,1-2H3. The molecule has 0 aliphatic carbocycles. The SMILES string of the molecule is COc1ccccc1CNS(=O)(=O)c1cc([N+](=O)[O-])ccc1OC. The average Bonchev–Trinajstić information content (AvgIpc) is 2.59. The van der Waals surface area contributed by atoms with Crippen LogP contribution in [0.2, 0.25) is 0 Å². The van der Waals surface area contributed by atoms with Crippen LogP contribution in [-0.4, -0.2) is 27.6 Å². The van der Waals surface area contributed by atoms with Crippen LogP contribution in [0, 0.1) is 10.1 Å². The Morgan fingerprint density at radius 3 is 2.38 bits per heavy atom. The normalized spacial score (nSPS) is 11.1. The number of nitro groups is 1. The highest BCUT2D eigenvalue weighted by molar-refractivity contribution is 7.89. The third-order valence-corrected chi connectivity index (χ3v) is 4.72. The number of sulfonamides is 1. The molecule has 0 atom stereocenters. The Morgan fingerprint density at radius 2 is 1.75 bits per heavy atom. The quantitative estimate of drug-likeness (QED) is 0.604. The summed E-state index contributed by atoms with van der Waals surface area (Å²) in [7, 11) is -1.24. The van der Waals surface area contributed by atoms with Crippen LogP contribution in [0.25, 0.3) is 0 Å². The maximum Gasteiger partial charge on any atom is 0.271 e. The van der Waals surface area contributed by atoms with Crippen molar-refractivity contribution < 1.29 is 22.8 Å². The van der Waals surface area contributed by atoms with Crippen LogP contribution in [0.15, 0.2) is 47.4 Å². The van der Waals surface area contributed by atoms with Crippen LogP contribution in [0.4, 0.5) is 5.69 Å². The average molecular weight is 352 g/mol. The fraction of sp³-hybridized carbons (Fsp3) is 0.200. The number of ether oxygens (including phenoxy) is 2. The molecule has 8 nitrogen and oxygen atoms in total. The Kier molecular flexibility index (Phi) is 5.37. The van der Waals surface area contributed by atoms with E-state index < -0.39 is 14.9 Å². The molecule has 0 aliphatic rings. The van der Waals surface area contributed by atoms with E-state index in [1.165, 1.54) is 26.4 Å². The molecular formula is C15H16N2O6S. The predicted octanol–water partition coefficient (Wildman–Crippen LogP) is 2.09. The first-order valence-corrected chi connectivity index (χ1v) is 8.31. The molecule has 0 aromatic heterocycles. The lowest BCUT2D eigenvalue weighted by Crippen LogP contribution is -2.24. The highest BCUT2D eigenvalue weighted by Crippen LogP contribution is 2.28. The third-order valence-electron chi connectivity index (χ3n) is 3.29. The maximum atomic E-state index is 12.5. The fourth-order valence-corrected chi connectivity index (χ4v) is 3.28. The van der Waals surface area contributed by atoms with E-state index in [2.05, 4.69) is 4.72 Å². The third kappa shape index (κ3) is 3.81. The van der Waals surface area contributed by atoms with E-state index in [4.69, 9.17) is 9.47 Å². The van der Waals surface area contributed by atoms with Gasteiger partial charge in [0.05, 0.1) is 19.1 Å². The fourth-order valence-electron chi connectivity index (χ4n) is 2.09. The molecule has 0 saturated carbocycles. The van der Waals surface area contributed by atoms with E-state index in [1.54, 1.807) is 24.3 Å². The number of nitrogens with one attached hydrogen (secondary N) is 1. The van der Waals surface area contributed by atoms with Crippen LogP contribution < -0.4 is 14.2 Å². The zero-order chi connectivity index (χ0) is 17.7. The Bertz CT molecular complexity index is 851. The van der Waals surface area contributed by atoms with Crippen LogP contribution in [0.5, 0.6) is 11.5 Å². The molecule has 0 saturated heterocycles. The molecule has 0 unspecified atom stereocenters. The van der Waals surface area contributed by atoms with Gasteiger partial charge in [-0.25, -0.2) is 13.1 Å². The van der Waals surface area contributed by atoms with Gasteiger partial charge in [-0.15, -0.1) is 0 Å². The zero-order valence-corrected chi connectivity index (χ0v) is 13.9. The first-order valence-electron chi connectivity index (χ1n) is 6.83. The Hall–Kier alpha value is -2.65. The van der Waals surface area contributed by atoms with Gasteiger partial charge in [-0.05, 0) is 12.1 Å². The second-order valence-corrected chi connectivity index (χ2v) is 6.46. The summed E-state index contributed by atoms with van der Waals surface area (Å²) in [4.78, 5) is 9.91. The molecule has 2 aromatic carbocycles. The van der Waals surface area contributed by atoms with E-state index in [9.17, 15) is 18.5 Å². The van der Waals surface area contributed by atoms with Gasteiger partial charge in [0.15, 0.2) is 0 Å². The maximum absolute atomic E-state index is 12.5. The molecule has 1 N–H and O–H groups in total. The van der Waals surface area contributed by atoms with Crippen molar-refractivity contribution in [1.82, 2.24) is 4.72 Å². The number of nitro benzene ring substituents is 1. The van der Waals surface area contributed by atoms with E-state index in [-0.39, 0.29) is 22.9 Å². The summed E-state index contributed by atoms with van der Waals surface area (Å²) >= 11 is 0. The molecule has 0 radical (unpaired) electrons. The molecule has 0 spiro atoms. The van der Waals surface area contributed by atoms with Crippen molar-refractivity contribution in [3.63, 3.8) is 0 Å². The van der Waals surface area contributed by atoms with Crippen molar-refractivity contribution in [3.05, 3.63) is 58.1 Å². The van der Waals surface area contributed by atoms with Crippen LogP contribution in [0.3, 0.4) is 0 Å². The van der Waals surface area contributed by atoms with Crippen molar-refractivity contribution in [1.29, 1.82) is 0 Å². The molecule has 128 valence electrons. The Morgan fingerprint density at radius 1 is 1.08 bits per heavy atom. The van der Waals surface area contributed by atoms with Crippen molar-refractivity contribution in [2.24, 2.45) is 0 Å². The summed E-state index contributed by atoms with van der Waals surface area (Å²) in [5.41, 5.74) is 0.293. The highest BCUT2D eigenvalue weighted by Gasteiger charge is 2.23. The molecule has 0 aliphatic heterocycles. The van der Waals surface area contributed by atoms with Gasteiger partial charge >= 0.3 is 0 Å². The number of para-hydroxylation sites is 1. The molecular weight excluding hydrogens is 336 g/mol. The highest BCUT2D eigenvalue weighted by atomic mass is 32.2. The minimum absolute atomic E-state index is 0.0214. The van der Waals surface area contributed by atoms with Crippen LogP contribution in [-0.2, 0) is 16.6 Å². The lowest BCUT2D eigenvalue weighted by Gasteiger charge is -2.12. The summed E-state index contributed by atoms with van der Waals surface area (Å²) in [6.45, 7) is -0.0296. The summed E-state index contributed by atoms with van der Waals surface area (Å²) in [6.07, 6.45) is 0. The largest absolute Gasteiger partial charge is 0.496 e. The minimum Gasteiger partial charge on any atom is -0.496 e. The number of nitrogens with zero attached hydrogens (tertiary/aromatic N) is 1. The number of non-ortho nitro benzene ring substituents is 1. The topological polar surface area (TPSA) is 108 Å². The van der Waals surface area contributed by atoms with Gasteiger partial charge < -0.3 is 9.47 Å². The van der Waals surface area contributed by atoms with Gasteiger partial charge in [-0.1, -0.05) is 18.2 Å². The van der Waals surface area contributed by atoms with Gasteiger partial charge in [-0.2, -0.15) is 0 Å². The molecule has 2 aromatic rings. The lowest BCUT2D eigenvalue weighted by atomic mass is 10.2. The van der Waals surface area contributed by atoms with Gasteiger partial charge in [0.2, 0.25) is 10.0 Å². The summed E-state index contributed by atoms with van der Waals surface area (Å²) in [5.74, 6) is 0.555. The van der Waals surface area contributed by atoms with Crippen molar-refractivity contribution >= 4 is 15.7 Å². The smallest absolute Gasteiger partial charge is 0.271 e. The zero-order valence-electron chi connectivity index (χ0n) is 13.1. The van der Waals surface area contributed by atoms with Crippen molar-refractivity contribution in [3.8, 4) is 11.5 Å².